The van der Waals surface area contributed by atoms with Crippen molar-refractivity contribution in [3.8, 4) is 0 Å². The summed E-state index contributed by atoms with van der Waals surface area (Å²) in [6.45, 7) is 0. The molecule has 1 aliphatic rings. The molecule has 0 aromatic heterocycles. The zero-order valence-corrected chi connectivity index (χ0v) is 9.60. The molecule has 1 fully saturated rings. The largest absolute Gasteiger partial charge is 0.235 e. The molecule has 0 amide bonds. The molecule has 0 N–H and O–H groups in total. The lowest BCUT2D eigenvalue weighted by Gasteiger charge is -2.10. The third-order valence-corrected chi connectivity index (χ3v) is 3.24. The highest BCUT2D eigenvalue weighted by atomic mass is 79.9. The second-order valence-corrected chi connectivity index (χ2v) is 4.68. The molecule has 1 saturated carbocycles. The van der Waals surface area contributed by atoms with Gasteiger partial charge >= 0.3 is 0 Å². The Balaban J connectivity index is 2.50. The average molecular weight is 273 g/mol. The van der Waals surface area contributed by atoms with Gasteiger partial charge in [-0.1, -0.05) is 27.5 Å². The van der Waals surface area contributed by atoms with Gasteiger partial charge < -0.3 is 0 Å². The quantitative estimate of drug-likeness (QED) is 0.599. The van der Waals surface area contributed by atoms with Crippen molar-refractivity contribution >= 4 is 33.6 Å². The van der Waals surface area contributed by atoms with Gasteiger partial charge in [0.25, 0.3) is 0 Å². The first-order valence-electron chi connectivity index (χ1n) is 4.22. The van der Waals surface area contributed by atoms with E-state index in [1.165, 1.54) is 0 Å². The molecule has 1 aromatic rings. The number of benzene rings is 1. The van der Waals surface area contributed by atoms with Crippen LogP contribution in [0.2, 0.25) is 5.02 Å². The van der Waals surface area contributed by atoms with Gasteiger partial charge in [-0.25, -0.2) is 4.79 Å². The number of carbonyl (C=O) groups excluding carboxylic acids is 1. The Kier molecular flexibility index (Phi) is 2.48. The van der Waals surface area contributed by atoms with E-state index < -0.39 is 0 Å². The van der Waals surface area contributed by atoms with E-state index in [1.54, 1.807) is 12.1 Å². The molecule has 0 radical (unpaired) electrons. The summed E-state index contributed by atoms with van der Waals surface area (Å²) in [4.78, 5) is 14.1. The average Bonchev–Trinajstić information content (AvgIpc) is 2.91. The molecular weight excluding hydrogens is 265 g/mol. The Morgan fingerprint density at radius 1 is 1.50 bits per heavy atom. The summed E-state index contributed by atoms with van der Waals surface area (Å²) in [5.74, 6) is 0. The number of hydrogen-bond donors (Lipinski definition) is 0. The van der Waals surface area contributed by atoms with Gasteiger partial charge in [-0.15, -0.1) is 0 Å². The Morgan fingerprint density at radius 3 is 2.79 bits per heavy atom. The molecule has 2 nitrogen and oxygen atoms in total. The van der Waals surface area contributed by atoms with E-state index in [2.05, 4.69) is 20.9 Å². The fourth-order valence-electron chi connectivity index (χ4n) is 1.50. The van der Waals surface area contributed by atoms with Crippen LogP contribution in [0.4, 0.5) is 0 Å². The van der Waals surface area contributed by atoms with Crippen LogP contribution in [0.25, 0.3) is 0 Å². The molecule has 2 rings (SSSR count). The van der Waals surface area contributed by atoms with Crippen molar-refractivity contribution in [3.05, 3.63) is 33.3 Å². The van der Waals surface area contributed by atoms with Crippen molar-refractivity contribution in [2.75, 3.05) is 0 Å². The predicted molar refractivity (Wildman–Crippen MR) is 58.2 cm³/mol. The van der Waals surface area contributed by atoms with Gasteiger partial charge in [0.15, 0.2) is 0 Å². The first-order valence-corrected chi connectivity index (χ1v) is 5.40. The summed E-state index contributed by atoms with van der Waals surface area (Å²) >= 11 is 9.41. The number of hydrogen-bond acceptors (Lipinski definition) is 2. The number of isocyanates is 1. The van der Waals surface area contributed by atoms with Gasteiger partial charge in [-0.3, -0.25) is 0 Å². The first kappa shape index (κ1) is 9.91. The summed E-state index contributed by atoms with van der Waals surface area (Å²) in [5, 5.41) is 0.657. The van der Waals surface area contributed by atoms with Gasteiger partial charge in [0.2, 0.25) is 6.08 Å². The molecule has 0 spiro atoms. The highest BCUT2D eigenvalue weighted by molar-refractivity contribution is 9.10. The summed E-state index contributed by atoms with van der Waals surface area (Å²) < 4.78 is 0.948. The van der Waals surface area contributed by atoms with Crippen molar-refractivity contribution in [1.29, 1.82) is 0 Å². The van der Waals surface area contributed by atoms with Crippen LogP contribution in [-0.2, 0) is 10.3 Å². The van der Waals surface area contributed by atoms with Crippen LogP contribution in [-0.4, -0.2) is 6.08 Å². The van der Waals surface area contributed by atoms with Crippen LogP contribution < -0.4 is 0 Å². The second kappa shape index (κ2) is 3.50. The van der Waals surface area contributed by atoms with Crippen LogP contribution in [0.3, 0.4) is 0 Å². The fraction of sp³-hybridized carbons (Fsp3) is 0.300. The molecule has 1 aliphatic carbocycles. The molecule has 72 valence electrons. The molecule has 1 aromatic carbocycles. The standard InChI is InChI=1S/C10H7BrClNO/c11-7-1-2-9(12)8(5-7)10(3-4-10)13-6-14/h1-2,5H,3-4H2. The van der Waals surface area contributed by atoms with E-state index in [-0.39, 0.29) is 5.54 Å². The molecule has 0 bridgehead atoms. The predicted octanol–water partition coefficient (Wildman–Crippen LogP) is 3.43. The molecule has 0 unspecified atom stereocenters. The fourth-order valence-corrected chi connectivity index (χ4v) is 2.16. The SMILES string of the molecule is O=C=NC1(c2cc(Br)ccc2Cl)CC1. The lowest BCUT2D eigenvalue weighted by Crippen LogP contribution is -2.02. The second-order valence-electron chi connectivity index (χ2n) is 3.36. The minimum atomic E-state index is -0.386. The van der Waals surface area contributed by atoms with Crippen LogP contribution in [0, 0.1) is 0 Å². The Bertz CT molecular complexity index is 422. The lowest BCUT2D eigenvalue weighted by molar-refractivity contribution is 0.556. The molecule has 14 heavy (non-hydrogen) atoms. The van der Waals surface area contributed by atoms with Gasteiger partial charge in [0.1, 0.15) is 0 Å². The third-order valence-electron chi connectivity index (χ3n) is 2.41. The van der Waals surface area contributed by atoms with E-state index in [4.69, 9.17) is 11.6 Å². The monoisotopic (exact) mass is 271 g/mol. The van der Waals surface area contributed by atoms with Crippen LogP contribution in [0.15, 0.2) is 27.7 Å². The van der Waals surface area contributed by atoms with Crippen LogP contribution in [0.1, 0.15) is 18.4 Å². The van der Waals surface area contributed by atoms with E-state index in [0.717, 1.165) is 22.9 Å². The minimum Gasteiger partial charge on any atom is -0.211 e. The highest BCUT2D eigenvalue weighted by Gasteiger charge is 2.46. The van der Waals surface area contributed by atoms with Crippen molar-refractivity contribution in [3.63, 3.8) is 0 Å². The van der Waals surface area contributed by atoms with Gasteiger partial charge in [0.05, 0.1) is 5.54 Å². The van der Waals surface area contributed by atoms with E-state index in [1.807, 2.05) is 12.1 Å². The maximum Gasteiger partial charge on any atom is 0.235 e. The minimum absolute atomic E-state index is 0.386. The van der Waals surface area contributed by atoms with Crippen molar-refractivity contribution in [2.45, 2.75) is 18.4 Å². The Labute approximate surface area is 95.1 Å². The van der Waals surface area contributed by atoms with Crippen molar-refractivity contribution in [1.82, 2.24) is 0 Å². The lowest BCUT2D eigenvalue weighted by atomic mass is 10.1. The smallest absolute Gasteiger partial charge is 0.211 e. The number of rotatable bonds is 2. The summed E-state index contributed by atoms with van der Waals surface area (Å²) in [7, 11) is 0. The molecule has 0 aliphatic heterocycles. The molecule has 4 heteroatoms. The van der Waals surface area contributed by atoms with Crippen LogP contribution in [0.5, 0.6) is 0 Å². The topological polar surface area (TPSA) is 29.4 Å². The maximum atomic E-state index is 10.3. The molecular formula is C10H7BrClNO. The van der Waals surface area contributed by atoms with Gasteiger partial charge in [-0.2, -0.15) is 4.99 Å². The summed E-state index contributed by atoms with van der Waals surface area (Å²) in [6, 6.07) is 5.59. The van der Waals surface area contributed by atoms with Gasteiger partial charge in [-0.05, 0) is 31.0 Å². The third kappa shape index (κ3) is 1.63. The number of halogens is 2. The summed E-state index contributed by atoms with van der Waals surface area (Å²) in [6.07, 6.45) is 3.36. The summed E-state index contributed by atoms with van der Waals surface area (Å²) in [5.41, 5.74) is 0.527. The Morgan fingerprint density at radius 2 is 2.21 bits per heavy atom. The van der Waals surface area contributed by atoms with E-state index in [0.29, 0.717) is 5.02 Å². The zero-order valence-electron chi connectivity index (χ0n) is 7.26. The van der Waals surface area contributed by atoms with E-state index in [9.17, 15) is 4.79 Å². The zero-order chi connectivity index (χ0) is 10.2. The Hall–Kier alpha value is -0.630. The maximum absolute atomic E-state index is 10.3. The number of nitrogens with zero attached hydrogens (tertiary/aromatic N) is 1. The molecule has 0 atom stereocenters. The van der Waals surface area contributed by atoms with Crippen LogP contribution >= 0.6 is 27.5 Å². The van der Waals surface area contributed by atoms with Crippen molar-refractivity contribution < 1.29 is 4.79 Å². The first-order chi connectivity index (χ1) is 6.68. The van der Waals surface area contributed by atoms with Gasteiger partial charge in [0, 0.05) is 15.1 Å². The van der Waals surface area contributed by atoms with Crippen molar-refractivity contribution in [2.24, 2.45) is 4.99 Å². The normalized spacial score (nSPS) is 17.3. The van der Waals surface area contributed by atoms with E-state index >= 15 is 0 Å². The molecule has 0 heterocycles. The number of aliphatic imine (C=N–C) groups is 1. The molecule has 0 saturated heterocycles. The highest BCUT2D eigenvalue weighted by Crippen LogP contribution is 2.51.